The summed E-state index contributed by atoms with van der Waals surface area (Å²) in [6.45, 7) is 3.54. The Hall–Kier alpha value is -2.54. The third kappa shape index (κ3) is 4.01. The number of nitrogens with one attached hydrogen (secondary N) is 1. The van der Waals surface area contributed by atoms with Gasteiger partial charge in [-0.1, -0.05) is 19.1 Å². The molecule has 0 aliphatic heterocycles. The first-order chi connectivity index (χ1) is 10.8. The molecule has 0 aliphatic carbocycles. The van der Waals surface area contributed by atoms with Crippen LogP contribution < -0.4 is 4.83 Å². The highest BCUT2D eigenvalue weighted by molar-refractivity contribution is 7.89. The Morgan fingerprint density at radius 2 is 1.78 bits per heavy atom. The van der Waals surface area contributed by atoms with Crippen LogP contribution in [0.15, 0.2) is 52.5 Å². The zero-order chi connectivity index (χ0) is 17.0. The monoisotopic (exact) mass is 334 g/mol. The maximum atomic E-state index is 12.2. The number of aromatic hydroxyl groups is 2. The fourth-order valence-electron chi connectivity index (χ4n) is 1.97. The van der Waals surface area contributed by atoms with Gasteiger partial charge in [0.1, 0.15) is 11.5 Å². The van der Waals surface area contributed by atoms with Crippen molar-refractivity contribution in [2.75, 3.05) is 0 Å². The fourth-order valence-corrected chi connectivity index (χ4v) is 2.83. The van der Waals surface area contributed by atoms with E-state index in [4.69, 9.17) is 0 Å². The first kappa shape index (κ1) is 16.8. The Balaban J connectivity index is 2.22. The van der Waals surface area contributed by atoms with Gasteiger partial charge in [-0.15, -0.1) is 0 Å². The minimum absolute atomic E-state index is 0.0874. The van der Waals surface area contributed by atoms with Crippen molar-refractivity contribution in [1.29, 1.82) is 0 Å². The van der Waals surface area contributed by atoms with Crippen molar-refractivity contribution in [1.82, 2.24) is 4.83 Å². The molecule has 0 saturated heterocycles. The lowest BCUT2D eigenvalue weighted by Gasteiger charge is -2.07. The minimum Gasteiger partial charge on any atom is -0.508 e. The smallest absolute Gasteiger partial charge is 0.276 e. The summed E-state index contributed by atoms with van der Waals surface area (Å²) >= 11 is 0. The highest BCUT2D eigenvalue weighted by Crippen LogP contribution is 2.23. The molecular weight excluding hydrogens is 316 g/mol. The van der Waals surface area contributed by atoms with Gasteiger partial charge in [0.15, 0.2) is 0 Å². The molecule has 6 nitrogen and oxygen atoms in total. The van der Waals surface area contributed by atoms with Gasteiger partial charge in [0, 0.05) is 11.6 Å². The van der Waals surface area contributed by atoms with Gasteiger partial charge in [0.25, 0.3) is 10.0 Å². The van der Waals surface area contributed by atoms with Crippen LogP contribution in [0.4, 0.5) is 0 Å². The number of rotatable bonds is 5. The van der Waals surface area contributed by atoms with Gasteiger partial charge < -0.3 is 10.2 Å². The number of sulfonamides is 1. The van der Waals surface area contributed by atoms with Crippen molar-refractivity contribution in [2.24, 2.45) is 5.10 Å². The average molecular weight is 334 g/mol. The number of benzene rings is 2. The second-order valence-electron chi connectivity index (χ2n) is 4.99. The Morgan fingerprint density at radius 3 is 2.35 bits per heavy atom. The van der Waals surface area contributed by atoms with E-state index in [-0.39, 0.29) is 22.1 Å². The molecule has 0 saturated carbocycles. The summed E-state index contributed by atoms with van der Waals surface area (Å²) in [6.07, 6.45) is 0.825. The largest absolute Gasteiger partial charge is 0.508 e. The summed E-state index contributed by atoms with van der Waals surface area (Å²) < 4.78 is 24.4. The highest BCUT2D eigenvalue weighted by Gasteiger charge is 2.13. The maximum absolute atomic E-state index is 12.2. The summed E-state index contributed by atoms with van der Waals surface area (Å²) in [5.74, 6) is -0.270. The normalized spacial score (nSPS) is 12.2. The summed E-state index contributed by atoms with van der Waals surface area (Å²) in [5.41, 5.74) is 1.64. The van der Waals surface area contributed by atoms with E-state index in [1.165, 1.54) is 24.3 Å². The molecule has 122 valence electrons. The molecular formula is C16H18N2O4S. The second kappa shape index (κ2) is 6.70. The van der Waals surface area contributed by atoms with Gasteiger partial charge in [-0.25, -0.2) is 0 Å². The molecule has 0 radical (unpaired) electrons. The molecule has 23 heavy (non-hydrogen) atoms. The number of hydrogen-bond acceptors (Lipinski definition) is 5. The molecule has 0 aromatic heterocycles. The first-order valence-corrected chi connectivity index (χ1v) is 8.49. The van der Waals surface area contributed by atoms with E-state index < -0.39 is 10.0 Å². The molecule has 2 aromatic carbocycles. The molecule has 7 heteroatoms. The second-order valence-corrected chi connectivity index (χ2v) is 6.65. The van der Waals surface area contributed by atoms with E-state index in [9.17, 15) is 18.6 Å². The van der Waals surface area contributed by atoms with Gasteiger partial charge in [0.2, 0.25) is 0 Å². The Labute approximate surface area is 135 Å². The molecule has 2 rings (SSSR count). The van der Waals surface area contributed by atoms with Gasteiger partial charge in [-0.3, -0.25) is 0 Å². The van der Waals surface area contributed by atoms with Gasteiger partial charge >= 0.3 is 0 Å². The molecule has 0 heterocycles. The van der Waals surface area contributed by atoms with E-state index >= 15 is 0 Å². The number of nitrogens with zero attached hydrogens (tertiary/aromatic N) is 1. The summed E-state index contributed by atoms with van der Waals surface area (Å²) in [7, 11) is -3.78. The molecule has 0 aliphatic rings. The number of phenols is 2. The Kier molecular flexibility index (Phi) is 4.90. The standard InChI is InChI=1S/C16H18N2O4S/c1-3-12-4-7-14(8-5-12)23(21,22)18-17-11(2)15-9-6-13(19)10-16(15)20/h4-10,18-20H,3H2,1-2H3/b17-11-. The molecule has 2 aromatic rings. The summed E-state index contributed by atoms with van der Waals surface area (Å²) in [6, 6.07) is 10.5. The lowest BCUT2D eigenvalue weighted by molar-refractivity contribution is 0.450. The van der Waals surface area contributed by atoms with E-state index in [0.29, 0.717) is 5.56 Å². The van der Waals surface area contributed by atoms with Crippen molar-refractivity contribution in [2.45, 2.75) is 25.2 Å². The minimum atomic E-state index is -3.78. The van der Waals surface area contributed by atoms with Gasteiger partial charge in [0.05, 0.1) is 10.6 Å². The van der Waals surface area contributed by atoms with Gasteiger partial charge in [-0.2, -0.15) is 18.4 Å². The highest BCUT2D eigenvalue weighted by atomic mass is 32.2. The topological polar surface area (TPSA) is 99.0 Å². The SMILES string of the molecule is CCc1ccc(S(=O)(=O)N/N=C(/C)c2ccc(O)cc2O)cc1. The predicted molar refractivity (Wildman–Crippen MR) is 88.1 cm³/mol. The van der Waals surface area contributed by atoms with Crippen LogP contribution in [0.3, 0.4) is 0 Å². The summed E-state index contributed by atoms with van der Waals surface area (Å²) in [4.78, 5) is 2.25. The Bertz CT molecular complexity index is 828. The zero-order valence-electron chi connectivity index (χ0n) is 12.8. The first-order valence-electron chi connectivity index (χ1n) is 7.01. The number of phenolic OH excluding ortho intramolecular Hbond substituents is 2. The molecule has 0 atom stereocenters. The van der Waals surface area contributed by atoms with Crippen LogP contribution in [0, 0.1) is 0 Å². The molecule has 0 spiro atoms. The van der Waals surface area contributed by atoms with Crippen molar-refractivity contribution >= 4 is 15.7 Å². The van der Waals surface area contributed by atoms with E-state index in [1.807, 2.05) is 6.92 Å². The maximum Gasteiger partial charge on any atom is 0.276 e. The lowest BCUT2D eigenvalue weighted by atomic mass is 10.1. The molecule has 0 bridgehead atoms. The van der Waals surface area contributed by atoms with Crippen molar-refractivity contribution in [3.63, 3.8) is 0 Å². The average Bonchev–Trinajstić information content (AvgIpc) is 2.53. The number of hydrogen-bond donors (Lipinski definition) is 3. The van der Waals surface area contributed by atoms with Crippen LogP contribution in [0.2, 0.25) is 0 Å². The van der Waals surface area contributed by atoms with Crippen LogP contribution in [0.5, 0.6) is 11.5 Å². The van der Waals surface area contributed by atoms with Crippen LogP contribution in [0.25, 0.3) is 0 Å². The predicted octanol–water partition coefficient (Wildman–Crippen LogP) is 2.36. The quantitative estimate of drug-likeness (QED) is 0.577. The van der Waals surface area contributed by atoms with Crippen LogP contribution in [0.1, 0.15) is 25.0 Å². The molecule has 0 fully saturated rings. The number of hydrazone groups is 1. The third-order valence-corrected chi connectivity index (χ3v) is 4.57. The number of aryl methyl sites for hydroxylation is 1. The van der Waals surface area contributed by atoms with E-state index in [0.717, 1.165) is 18.1 Å². The van der Waals surface area contributed by atoms with Crippen molar-refractivity contribution in [3.8, 4) is 11.5 Å². The molecule has 0 amide bonds. The zero-order valence-corrected chi connectivity index (χ0v) is 13.6. The van der Waals surface area contributed by atoms with Crippen molar-refractivity contribution < 1.29 is 18.6 Å². The van der Waals surface area contributed by atoms with Crippen LogP contribution in [-0.4, -0.2) is 24.3 Å². The fraction of sp³-hybridized carbons (Fsp3) is 0.188. The van der Waals surface area contributed by atoms with Crippen LogP contribution in [-0.2, 0) is 16.4 Å². The van der Waals surface area contributed by atoms with E-state index in [2.05, 4.69) is 9.93 Å². The van der Waals surface area contributed by atoms with Gasteiger partial charge in [-0.05, 0) is 43.2 Å². The van der Waals surface area contributed by atoms with Crippen LogP contribution >= 0.6 is 0 Å². The van der Waals surface area contributed by atoms with Crippen molar-refractivity contribution in [3.05, 3.63) is 53.6 Å². The molecule has 3 N–H and O–H groups in total. The third-order valence-electron chi connectivity index (χ3n) is 3.35. The lowest BCUT2D eigenvalue weighted by Crippen LogP contribution is -2.20. The Morgan fingerprint density at radius 1 is 1.13 bits per heavy atom. The molecule has 0 unspecified atom stereocenters. The summed E-state index contributed by atoms with van der Waals surface area (Å²) in [5, 5.41) is 22.8. The van der Waals surface area contributed by atoms with E-state index in [1.54, 1.807) is 19.1 Å².